The molecular formula is C19H22N4O2S. The van der Waals surface area contributed by atoms with Gasteiger partial charge in [0.1, 0.15) is 0 Å². The molecule has 26 heavy (non-hydrogen) atoms. The molecule has 0 bridgehead atoms. The normalized spacial score (nSPS) is 16.8. The Morgan fingerprint density at radius 2 is 2.15 bits per heavy atom. The average Bonchev–Trinajstić information content (AvgIpc) is 3.32. The summed E-state index contributed by atoms with van der Waals surface area (Å²) >= 11 is 1.59. The minimum Gasteiger partial charge on any atom is -0.387 e. The van der Waals surface area contributed by atoms with Crippen LogP contribution in [0.2, 0.25) is 0 Å². The fourth-order valence-corrected chi connectivity index (χ4v) is 4.33. The Labute approximate surface area is 156 Å². The molecule has 2 amide bonds. The highest BCUT2D eigenvalue weighted by molar-refractivity contribution is 7.10. The number of likely N-dealkylation sites (tertiary alicyclic amines) is 1. The molecule has 1 fully saturated rings. The number of aliphatic hydroxyl groups excluding tert-OH is 1. The van der Waals surface area contributed by atoms with Crippen LogP contribution in [0.3, 0.4) is 0 Å². The fourth-order valence-electron chi connectivity index (χ4n) is 3.53. The van der Waals surface area contributed by atoms with Gasteiger partial charge in [0.15, 0.2) is 0 Å². The number of hydrogen-bond donors (Lipinski definition) is 2. The summed E-state index contributed by atoms with van der Waals surface area (Å²) in [7, 11) is 1.95. The van der Waals surface area contributed by atoms with E-state index >= 15 is 0 Å². The van der Waals surface area contributed by atoms with E-state index in [0.717, 1.165) is 34.4 Å². The van der Waals surface area contributed by atoms with Crippen molar-refractivity contribution in [1.82, 2.24) is 14.5 Å². The molecule has 0 spiro atoms. The molecule has 1 aromatic carbocycles. The summed E-state index contributed by atoms with van der Waals surface area (Å²) in [5.41, 5.74) is 2.65. The number of amides is 2. The van der Waals surface area contributed by atoms with Crippen molar-refractivity contribution in [1.29, 1.82) is 0 Å². The highest BCUT2D eigenvalue weighted by Crippen LogP contribution is 2.33. The van der Waals surface area contributed by atoms with Crippen LogP contribution < -0.4 is 5.32 Å². The Morgan fingerprint density at radius 3 is 2.88 bits per heavy atom. The minimum absolute atomic E-state index is 0.0932. The number of nitrogens with one attached hydrogen (secondary N) is 1. The molecule has 0 radical (unpaired) electrons. The van der Waals surface area contributed by atoms with Crippen molar-refractivity contribution < 1.29 is 9.90 Å². The van der Waals surface area contributed by atoms with E-state index in [4.69, 9.17) is 0 Å². The first kappa shape index (κ1) is 17.1. The topological polar surface area (TPSA) is 70.4 Å². The lowest BCUT2D eigenvalue weighted by Crippen LogP contribution is -2.42. The maximum atomic E-state index is 12.5. The molecule has 2 aromatic heterocycles. The van der Waals surface area contributed by atoms with Gasteiger partial charge in [-0.1, -0.05) is 6.07 Å². The number of aryl methyl sites for hydroxylation is 1. The first-order valence-electron chi connectivity index (χ1n) is 8.80. The first-order valence-corrected chi connectivity index (χ1v) is 9.68. The molecule has 136 valence electrons. The second-order valence-corrected chi connectivity index (χ2v) is 7.75. The predicted octanol–water partition coefficient (Wildman–Crippen LogP) is 3.61. The van der Waals surface area contributed by atoms with Crippen LogP contribution in [0.1, 0.15) is 23.8 Å². The molecule has 3 aromatic rings. The van der Waals surface area contributed by atoms with Crippen LogP contribution in [-0.2, 0) is 7.05 Å². The second-order valence-electron chi connectivity index (χ2n) is 6.77. The number of anilines is 1. The Balaban J connectivity index is 1.35. The standard InChI is InChI=1S/C19H22N4O2S/c1-22-12-20-15-11-14(4-5-16(15)22)21-19(25)23-8-6-13(7-9-23)18(24)17-3-2-10-26-17/h2-5,10-13,18,24H,6-9H2,1H3,(H,21,25)/t18-/m1/s1. The molecule has 1 aliphatic heterocycles. The van der Waals surface area contributed by atoms with Crippen LogP contribution >= 0.6 is 11.3 Å². The number of hydrogen-bond acceptors (Lipinski definition) is 4. The Hall–Kier alpha value is -2.38. The third-order valence-corrected chi connectivity index (χ3v) is 6.03. The number of aromatic nitrogens is 2. The van der Waals surface area contributed by atoms with Gasteiger partial charge < -0.3 is 19.9 Å². The summed E-state index contributed by atoms with van der Waals surface area (Å²) in [5, 5.41) is 15.4. The van der Waals surface area contributed by atoms with Gasteiger partial charge in [-0.05, 0) is 48.4 Å². The van der Waals surface area contributed by atoms with Gasteiger partial charge in [-0.2, -0.15) is 0 Å². The number of rotatable bonds is 3. The number of fused-ring (bicyclic) bond motifs is 1. The quantitative estimate of drug-likeness (QED) is 0.740. The molecule has 0 saturated carbocycles. The number of urea groups is 1. The van der Waals surface area contributed by atoms with Gasteiger partial charge in [-0.3, -0.25) is 0 Å². The van der Waals surface area contributed by atoms with Crippen molar-refractivity contribution in [2.45, 2.75) is 18.9 Å². The largest absolute Gasteiger partial charge is 0.387 e. The smallest absolute Gasteiger partial charge is 0.321 e. The maximum absolute atomic E-state index is 12.5. The summed E-state index contributed by atoms with van der Waals surface area (Å²) in [5.74, 6) is 0.211. The number of benzene rings is 1. The molecule has 7 heteroatoms. The lowest BCUT2D eigenvalue weighted by Gasteiger charge is -2.34. The van der Waals surface area contributed by atoms with Gasteiger partial charge >= 0.3 is 6.03 Å². The number of piperidine rings is 1. The lowest BCUT2D eigenvalue weighted by atomic mass is 9.90. The van der Waals surface area contributed by atoms with E-state index in [0.29, 0.717) is 13.1 Å². The number of nitrogens with zero attached hydrogens (tertiary/aromatic N) is 3. The van der Waals surface area contributed by atoms with Crippen LogP contribution in [0.25, 0.3) is 11.0 Å². The van der Waals surface area contributed by atoms with Gasteiger partial charge in [0, 0.05) is 30.7 Å². The van der Waals surface area contributed by atoms with Gasteiger partial charge in [0.25, 0.3) is 0 Å². The molecule has 1 atom stereocenters. The lowest BCUT2D eigenvalue weighted by molar-refractivity contribution is 0.0708. The van der Waals surface area contributed by atoms with E-state index < -0.39 is 6.10 Å². The average molecular weight is 370 g/mol. The molecular weight excluding hydrogens is 348 g/mol. The van der Waals surface area contributed by atoms with Crippen molar-refractivity contribution in [2.75, 3.05) is 18.4 Å². The molecule has 0 aliphatic carbocycles. The third kappa shape index (κ3) is 3.32. The van der Waals surface area contributed by atoms with Crippen LogP contribution in [0.4, 0.5) is 10.5 Å². The number of aliphatic hydroxyl groups is 1. The number of imidazole rings is 1. The highest BCUT2D eigenvalue weighted by atomic mass is 32.1. The summed E-state index contributed by atoms with van der Waals surface area (Å²) in [6.45, 7) is 1.32. The van der Waals surface area contributed by atoms with Gasteiger partial charge in [-0.25, -0.2) is 9.78 Å². The fraction of sp³-hybridized carbons (Fsp3) is 0.368. The van der Waals surface area contributed by atoms with Gasteiger partial charge in [0.2, 0.25) is 0 Å². The number of carbonyl (C=O) groups excluding carboxylic acids is 1. The zero-order chi connectivity index (χ0) is 18.1. The van der Waals surface area contributed by atoms with E-state index in [2.05, 4.69) is 10.3 Å². The van der Waals surface area contributed by atoms with Crippen LogP contribution in [0, 0.1) is 5.92 Å². The summed E-state index contributed by atoms with van der Waals surface area (Å²) < 4.78 is 1.95. The third-order valence-electron chi connectivity index (χ3n) is 5.08. The maximum Gasteiger partial charge on any atom is 0.321 e. The van der Waals surface area contributed by atoms with E-state index in [-0.39, 0.29) is 11.9 Å². The molecule has 1 aliphatic rings. The predicted molar refractivity (Wildman–Crippen MR) is 103 cm³/mol. The molecule has 0 unspecified atom stereocenters. The Bertz CT molecular complexity index is 898. The Morgan fingerprint density at radius 1 is 1.35 bits per heavy atom. The molecule has 2 N–H and O–H groups in total. The van der Waals surface area contributed by atoms with Crippen molar-refractivity contribution >= 4 is 34.1 Å². The minimum atomic E-state index is -0.424. The van der Waals surface area contributed by atoms with Crippen LogP contribution in [-0.4, -0.2) is 38.7 Å². The zero-order valence-corrected chi connectivity index (χ0v) is 15.4. The van der Waals surface area contributed by atoms with Crippen LogP contribution in [0.5, 0.6) is 0 Å². The van der Waals surface area contributed by atoms with Gasteiger partial charge in [0.05, 0.1) is 23.5 Å². The number of carbonyl (C=O) groups is 1. The van der Waals surface area contributed by atoms with Crippen molar-refractivity contribution in [3.05, 3.63) is 46.9 Å². The highest BCUT2D eigenvalue weighted by Gasteiger charge is 2.28. The van der Waals surface area contributed by atoms with Crippen molar-refractivity contribution in [2.24, 2.45) is 13.0 Å². The molecule has 4 rings (SSSR count). The monoisotopic (exact) mass is 370 g/mol. The summed E-state index contributed by atoms with van der Waals surface area (Å²) in [4.78, 5) is 19.7. The first-order chi connectivity index (χ1) is 12.6. The van der Waals surface area contributed by atoms with E-state index in [1.54, 1.807) is 17.7 Å². The van der Waals surface area contributed by atoms with Crippen LogP contribution in [0.15, 0.2) is 42.0 Å². The van der Waals surface area contributed by atoms with Gasteiger partial charge in [-0.15, -0.1) is 11.3 Å². The van der Waals surface area contributed by atoms with E-state index in [1.165, 1.54) is 0 Å². The molecule has 6 nitrogen and oxygen atoms in total. The Kier molecular flexibility index (Phi) is 4.65. The zero-order valence-electron chi connectivity index (χ0n) is 14.6. The van der Waals surface area contributed by atoms with Crippen molar-refractivity contribution in [3.63, 3.8) is 0 Å². The summed E-state index contributed by atoms with van der Waals surface area (Å²) in [6, 6.07) is 9.59. The van der Waals surface area contributed by atoms with E-state index in [1.807, 2.05) is 52.2 Å². The van der Waals surface area contributed by atoms with Crippen molar-refractivity contribution in [3.8, 4) is 0 Å². The summed E-state index contributed by atoms with van der Waals surface area (Å²) in [6.07, 6.45) is 2.96. The SMILES string of the molecule is Cn1cnc2cc(NC(=O)N3CCC([C@@H](O)c4cccs4)CC3)ccc21. The second kappa shape index (κ2) is 7.09. The van der Waals surface area contributed by atoms with E-state index in [9.17, 15) is 9.90 Å². The number of thiophene rings is 1. The molecule has 1 saturated heterocycles. The molecule has 3 heterocycles.